The van der Waals surface area contributed by atoms with E-state index in [0.717, 1.165) is 43.9 Å². The minimum absolute atomic E-state index is 0.188. The van der Waals surface area contributed by atoms with Crippen LogP contribution in [0.1, 0.15) is 24.0 Å². The monoisotopic (exact) mass is 384 g/mol. The number of fused-ring (bicyclic) bond motifs is 1. The second-order valence-corrected chi connectivity index (χ2v) is 9.45. The van der Waals surface area contributed by atoms with Crippen LogP contribution in [0.25, 0.3) is 0 Å². The fourth-order valence-corrected chi connectivity index (χ4v) is 5.63. The standard InChI is InChI=1S/C23H36N4O/c1-17-6-5-7-22(18(17)2)26-10-8-25(9-11-26)14-19-12-20-15-27(16-21(20)13-19)23(28)24(3)4/h5-7,19-21H,8-16H2,1-4H3. The Labute approximate surface area is 170 Å². The minimum Gasteiger partial charge on any atom is -0.369 e. The number of carbonyl (C=O) groups is 1. The van der Waals surface area contributed by atoms with Crippen LogP contribution in [-0.2, 0) is 0 Å². The Hall–Kier alpha value is -1.75. The SMILES string of the molecule is Cc1cccc(N2CCN(CC3CC4CN(C(=O)N(C)C)CC4C3)CC2)c1C. The first-order valence-corrected chi connectivity index (χ1v) is 10.9. The van der Waals surface area contributed by atoms with Gasteiger partial charge in [0.15, 0.2) is 0 Å². The van der Waals surface area contributed by atoms with E-state index < -0.39 is 0 Å². The summed E-state index contributed by atoms with van der Waals surface area (Å²) < 4.78 is 0. The number of aryl methyl sites for hydroxylation is 1. The van der Waals surface area contributed by atoms with Gasteiger partial charge in [0, 0.05) is 65.6 Å². The molecule has 1 aromatic rings. The third-order valence-corrected chi connectivity index (χ3v) is 7.31. The van der Waals surface area contributed by atoms with E-state index in [1.165, 1.54) is 49.3 Å². The number of rotatable bonds is 3. The lowest BCUT2D eigenvalue weighted by Gasteiger charge is -2.38. The van der Waals surface area contributed by atoms with Gasteiger partial charge in [0.25, 0.3) is 0 Å². The first-order valence-electron chi connectivity index (χ1n) is 10.9. The van der Waals surface area contributed by atoms with Crippen molar-refractivity contribution < 1.29 is 4.79 Å². The van der Waals surface area contributed by atoms with E-state index in [1.54, 1.807) is 4.90 Å². The molecule has 2 amide bonds. The maximum atomic E-state index is 12.2. The Morgan fingerprint density at radius 2 is 1.68 bits per heavy atom. The summed E-state index contributed by atoms with van der Waals surface area (Å²) in [6.45, 7) is 12.3. The molecule has 2 saturated heterocycles. The smallest absolute Gasteiger partial charge is 0.319 e. The topological polar surface area (TPSA) is 30.0 Å². The fraction of sp³-hybridized carbons (Fsp3) is 0.696. The molecule has 2 aliphatic heterocycles. The molecule has 1 aliphatic carbocycles. The summed E-state index contributed by atoms with van der Waals surface area (Å²) >= 11 is 0. The molecule has 1 saturated carbocycles. The van der Waals surface area contributed by atoms with Gasteiger partial charge < -0.3 is 14.7 Å². The number of likely N-dealkylation sites (tertiary alicyclic amines) is 1. The van der Waals surface area contributed by atoms with Crippen molar-refractivity contribution >= 4 is 11.7 Å². The largest absolute Gasteiger partial charge is 0.369 e. The molecule has 5 nitrogen and oxygen atoms in total. The number of hydrogen-bond acceptors (Lipinski definition) is 3. The number of amides is 2. The van der Waals surface area contributed by atoms with E-state index in [-0.39, 0.29) is 6.03 Å². The highest BCUT2D eigenvalue weighted by Crippen LogP contribution is 2.42. The van der Waals surface area contributed by atoms with E-state index in [0.29, 0.717) is 0 Å². The summed E-state index contributed by atoms with van der Waals surface area (Å²) in [6.07, 6.45) is 2.61. The first kappa shape index (κ1) is 19.6. The van der Waals surface area contributed by atoms with Crippen LogP contribution < -0.4 is 4.90 Å². The van der Waals surface area contributed by atoms with E-state index >= 15 is 0 Å². The van der Waals surface area contributed by atoms with Crippen molar-refractivity contribution in [3.05, 3.63) is 29.3 Å². The normalized spacial score (nSPS) is 27.9. The Kier molecular flexibility index (Phi) is 5.55. The van der Waals surface area contributed by atoms with Gasteiger partial charge in [-0.25, -0.2) is 4.79 Å². The zero-order valence-electron chi connectivity index (χ0n) is 18.0. The highest BCUT2D eigenvalue weighted by Gasteiger charge is 2.43. The molecule has 0 radical (unpaired) electrons. The van der Waals surface area contributed by atoms with E-state index in [1.807, 2.05) is 14.1 Å². The van der Waals surface area contributed by atoms with Crippen molar-refractivity contribution in [1.29, 1.82) is 0 Å². The summed E-state index contributed by atoms with van der Waals surface area (Å²) in [5.41, 5.74) is 4.23. The number of urea groups is 1. The van der Waals surface area contributed by atoms with Crippen molar-refractivity contribution in [2.24, 2.45) is 17.8 Å². The lowest BCUT2D eigenvalue weighted by Crippen LogP contribution is -2.48. The summed E-state index contributed by atoms with van der Waals surface area (Å²) in [7, 11) is 3.72. The van der Waals surface area contributed by atoms with Crippen molar-refractivity contribution in [1.82, 2.24) is 14.7 Å². The second kappa shape index (κ2) is 7.94. The zero-order chi connectivity index (χ0) is 19.8. The van der Waals surface area contributed by atoms with Gasteiger partial charge in [-0.15, -0.1) is 0 Å². The van der Waals surface area contributed by atoms with Crippen LogP contribution in [0.5, 0.6) is 0 Å². The molecule has 2 unspecified atom stereocenters. The molecule has 2 heterocycles. The van der Waals surface area contributed by atoms with Crippen molar-refractivity contribution in [2.75, 3.05) is 64.8 Å². The predicted octanol–water partition coefficient (Wildman–Crippen LogP) is 3.07. The fourth-order valence-electron chi connectivity index (χ4n) is 5.63. The maximum Gasteiger partial charge on any atom is 0.319 e. The number of piperazine rings is 1. The van der Waals surface area contributed by atoms with E-state index in [4.69, 9.17) is 0 Å². The molecule has 4 rings (SSSR count). The number of nitrogens with zero attached hydrogens (tertiary/aromatic N) is 4. The third kappa shape index (κ3) is 3.86. The zero-order valence-corrected chi connectivity index (χ0v) is 18.0. The van der Waals surface area contributed by atoms with Gasteiger partial charge in [0.05, 0.1) is 0 Å². The molecule has 0 aromatic heterocycles. The molecule has 3 aliphatic rings. The van der Waals surface area contributed by atoms with Gasteiger partial charge in [0.2, 0.25) is 0 Å². The van der Waals surface area contributed by atoms with Crippen molar-refractivity contribution in [2.45, 2.75) is 26.7 Å². The first-order chi connectivity index (χ1) is 13.4. The highest BCUT2D eigenvalue weighted by molar-refractivity contribution is 5.74. The number of benzene rings is 1. The molecule has 1 aromatic carbocycles. The summed E-state index contributed by atoms with van der Waals surface area (Å²) in [5, 5.41) is 0. The Morgan fingerprint density at radius 3 is 2.29 bits per heavy atom. The summed E-state index contributed by atoms with van der Waals surface area (Å²) in [6, 6.07) is 6.86. The lowest BCUT2D eigenvalue weighted by atomic mass is 10.0. The predicted molar refractivity (Wildman–Crippen MR) is 115 cm³/mol. The lowest BCUT2D eigenvalue weighted by molar-refractivity contribution is 0.173. The highest BCUT2D eigenvalue weighted by atomic mass is 16.2. The molecule has 0 N–H and O–H groups in total. The molecule has 0 spiro atoms. The van der Waals surface area contributed by atoms with Crippen LogP contribution >= 0.6 is 0 Å². The maximum absolute atomic E-state index is 12.2. The van der Waals surface area contributed by atoms with Gasteiger partial charge >= 0.3 is 6.03 Å². The van der Waals surface area contributed by atoms with E-state index in [2.05, 4.69) is 46.7 Å². The van der Waals surface area contributed by atoms with Crippen LogP contribution in [0.4, 0.5) is 10.5 Å². The van der Waals surface area contributed by atoms with Gasteiger partial charge in [-0.1, -0.05) is 12.1 Å². The second-order valence-electron chi connectivity index (χ2n) is 9.45. The summed E-state index contributed by atoms with van der Waals surface area (Å²) in [5.74, 6) is 2.27. The number of carbonyl (C=O) groups excluding carboxylic acids is 1. The molecule has 5 heteroatoms. The van der Waals surface area contributed by atoms with Crippen molar-refractivity contribution in [3.8, 4) is 0 Å². The third-order valence-electron chi connectivity index (χ3n) is 7.31. The van der Waals surface area contributed by atoms with Gasteiger partial charge in [-0.2, -0.15) is 0 Å². The quantitative estimate of drug-likeness (QED) is 0.802. The molecule has 3 fully saturated rings. The van der Waals surface area contributed by atoms with Crippen LogP contribution in [-0.4, -0.2) is 80.6 Å². The average molecular weight is 385 g/mol. The molecule has 0 bridgehead atoms. The number of anilines is 1. The Bertz CT molecular complexity index is 697. The molecular weight excluding hydrogens is 348 g/mol. The minimum atomic E-state index is 0.188. The van der Waals surface area contributed by atoms with Crippen molar-refractivity contribution in [3.63, 3.8) is 0 Å². The van der Waals surface area contributed by atoms with Crippen LogP contribution in [0, 0.1) is 31.6 Å². The van der Waals surface area contributed by atoms with Gasteiger partial charge in [0.1, 0.15) is 0 Å². The summed E-state index contributed by atoms with van der Waals surface area (Å²) in [4.78, 5) is 21.2. The molecule has 154 valence electrons. The molecular formula is C23H36N4O. The van der Waals surface area contributed by atoms with Crippen LogP contribution in [0.3, 0.4) is 0 Å². The van der Waals surface area contributed by atoms with Gasteiger partial charge in [-0.05, 0) is 61.6 Å². The average Bonchev–Trinajstić information content (AvgIpc) is 3.22. The number of hydrogen-bond donors (Lipinski definition) is 0. The van der Waals surface area contributed by atoms with Crippen LogP contribution in [0.15, 0.2) is 18.2 Å². The Balaban J connectivity index is 1.25. The molecule has 2 atom stereocenters. The van der Waals surface area contributed by atoms with Gasteiger partial charge in [-0.3, -0.25) is 4.90 Å². The molecule has 28 heavy (non-hydrogen) atoms. The van der Waals surface area contributed by atoms with Crippen LogP contribution in [0.2, 0.25) is 0 Å². The Morgan fingerprint density at radius 1 is 1.04 bits per heavy atom. The van der Waals surface area contributed by atoms with E-state index in [9.17, 15) is 4.79 Å².